The summed E-state index contributed by atoms with van der Waals surface area (Å²) in [7, 11) is 0. The van der Waals surface area contributed by atoms with Crippen molar-refractivity contribution in [2.45, 2.75) is 32.4 Å². The van der Waals surface area contributed by atoms with E-state index in [0.29, 0.717) is 24.2 Å². The Balaban J connectivity index is 1.71. The molecule has 3 rings (SSSR count). The molecule has 1 aliphatic carbocycles. The van der Waals surface area contributed by atoms with Crippen LogP contribution in [0.25, 0.3) is 0 Å². The van der Waals surface area contributed by atoms with Crippen molar-refractivity contribution in [3.8, 4) is 0 Å². The van der Waals surface area contributed by atoms with Gasteiger partial charge in [0, 0.05) is 12.4 Å². The smallest absolute Gasteiger partial charge is 0.246 e. The summed E-state index contributed by atoms with van der Waals surface area (Å²) in [6, 6.07) is 1.95. The molecule has 0 aromatic carbocycles. The number of aliphatic hydroxyl groups excluding tert-OH is 1. The maximum atomic E-state index is 9.98. The maximum Gasteiger partial charge on any atom is 0.246 e. The number of aliphatic hydroxyl groups is 1. The minimum atomic E-state index is -0.319. The zero-order valence-electron chi connectivity index (χ0n) is 9.71. The van der Waals surface area contributed by atoms with E-state index in [1.54, 1.807) is 6.92 Å². The lowest BCUT2D eigenvalue weighted by Gasteiger charge is -2.05. The van der Waals surface area contributed by atoms with Crippen LogP contribution in [0.2, 0.25) is 0 Å². The third kappa shape index (κ3) is 2.24. The van der Waals surface area contributed by atoms with Gasteiger partial charge < -0.3 is 14.2 Å². The van der Waals surface area contributed by atoms with Gasteiger partial charge in [0.25, 0.3) is 0 Å². The van der Waals surface area contributed by atoms with Crippen LogP contribution in [0.4, 0.5) is 0 Å². The number of rotatable bonds is 4. The summed E-state index contributed by atoms with van der Waals surface area (Å²) >= 11 is 0. The van der Waals surface area contributed by atoms with Crippen LogP contribution in [0.15, 0.2) is 23.0 Å². The number of hydrogen-bond donors (Lipinski definition) is 1. The third-order valence-electron chi connectivity index (χ3n) is 3.07. The van der Waals surface area contributed by atoms with Gasteiger partial charge in [0.2, 0.25) is 5.89 Å². The second-order valence-electron chi connectivity index (χ2n) is 4.63. The summed E-state index contributed by atoms with van der Waals surface area (Å²) < 4.78 is 7.01. The number of aryl methyl sites for hydroxylation is 1. The van der Waals surface area contributed by atoms with Crippen LogP contribution < -0.4 is 0 Å². The highest BCUT2D eigenvalue weighted by Crippen LogP contribution is 2.40. The Morgan fingerprint density at radius 3 is 3.06 bits per heavy atom. The van der Waals surface area contributed by atoms with Gasteiger partial charge in [-0.2, -0.15) is 4.98 Å². The molecular formula is C12H15N3O2. The summed E-state index contributed by atoms with van der Waals surface area (Å²) in [5.41, 5.74) is 0.976. The summed E-state index contributed by atoms with van der Waals surface area (Å²) in [6.07, 6.45) is 5.83. The molecule has 0 aliphatic heterocycles. The van der Waals surface area contributed by atoms with Crippen LogP contribution >= 0.6 is 0 Å². The quantitative estimate of drug-likeness (QED) is 0.872. The predicted octanol–water partition coefficient (Wildman–Crippen LogP) is 1.67. The van der Waals surface area contributed by atoms with Gasteiger partial charge in [0.1, 0.15) is 6.54 Å². The van der Waals surface area contributed by atoms with Crippen LogP contribution in [-0.2, 0) is 6.54 Å². The van der Waals surface area contributed by atoms with E-state index in [1.165, 1.54) is 0 Å². The molecule has 2 aromatic heterocycles. The summed E-state index contributed by atoms with van der Waals surface area (Å²) in [6.45, 7) is 2.35. The Morgan fingerprint density at radius 1 is 1.59 bits per heavy atom. The highest BCUT2D eigenvalue weighted by molar-refractivity contribution is 5.16. The minimum Gasteiger partial charge on any atom is -0.388 e. The van der Waals surface area contributed by atoms with Crippen molar-refractivity contribution >= 4 is 0 Å². The van der Waals surface area contributed by atoms with Crippen molar-refractivity contribution in [2.24, 2.45) is 5.92 Å². The Hall–Kier alpha value is -1.62. The van der Waals surface area contributed by atoms with Gasteiger partial charge in [0.05, 0.1) is 6.10 Å². The van der Waals surface area contributed by atoms with Crippen LogP contribution in [0, 0.1) is 12.8 Å². The van der Waals surface area contributed by atoms with E-state index >= 15 is 0 Å². The SMILES string of the molecule is Cc1noc(Cn2ccc(C(O)C3CC3)c2)n1. The van der Waals surface area contributed by atoms with E-state index < -0.39 is 0 Å². The molecule has 0 amide bonds. The molecule has 5 heteroatoms. The number of hydrogen-bond acceptors (Lipinski definition) is 4. The summed E-state index contributed by atoms with van der Waals surface area (Å²) in [5, 5.41) is 13.7. The molecule has 0 saturated heterocycles. The fourth-order valence-electron chi connectivity index (χ4n) is 1.98. The number of aromatic nitrogens is 3. The van der Waals surface area contributed by atoms with Crippen molar-refractivity contribution in [3.05, 3.63) is 35.7 Å². The molecule has 1 N–H and O–H groups in total. The molecule has 0 radical (unpaired) electrons. The zero-order chi connectivity index (χ0) is 11.8. The predicted molar refractivity (Wildman–Crippen MR) is 60.3 cm³/mol. The van der Waals surface area contributed by atoms with Crippen LogP contribution in [0.1, 0.15) is 36.2 Å². The largest absolute Gasteiger partial charge is 0.388 e. The topological polar surface area (TPSA) is 64.1 Å². The molecule has 0 bridgehead atoms. The van der Waals surface area contributed by atoms with E-state index in [4.69, 9.17) is 4.52 Å². The van der Waals surface area contributed by atoms with Gasteiger partial charge >= 0.3 is 0 Å². The van der Waals surface area contributed by atoms with Crippen molar-refractivity contribution in [2.75, 3.05) is 0 Å². The lowest BCUT2D eigenvalue weighted by atomic mass is 10.1. The summed E-state index contributed by atoms with van der Waals surface area (Å²) in [4.78, 5) is 4.15. The second kappa shape index (κ2) is 4.00. The summed E-state index contributed by atoms with van der Waals surface area (Å²) in [5.74, 6) is 1.69. The van der Waals surface area contributed by atoms with Gasteiger partial charge in [-0.05, 0) is 37.3 Å². The van der Waals surface area contributed by atoms with Crippen molar-refractivity contribution < 1.29 is 9.63 Å². The minimum absolute atomic E-state index is 0.319. The van der Waals surface area contributed by atoms with E-state index in [2.05, 4.69) is 10.1 Å². The molecule has 2 heterocycles. The molecule has 1 aliphatic rings. The zero-order valence-corrected chi connectivity index (χ0v) is 9.71. The highest BCUT2D eigenvalue weighted by atomic mass is 16.5. The van der Waals surface area contributed by atoms with Crippen LogP contribution in [-0.4, -0.2) is 19.8 Å². The van der Waals surface area contributed by atoms with E-state index in [-0.39, 0.29) is 6.10 Å². The Labute approximate surface area is 99.1 Å². The molecule has 2 aromatic rings. The first kappa shape index (κ1) is 10.5. The fraction of sp³-hybridized carbons (Fsp3) is 0.500. The average Bonchev–Trinajstić information content (AvgIpc) is 2.93. The Morgan fingerprint density at radius 2 is 2.41 bits per heavy atom. The fourth-order valence-corrected chi connectivity index (χ4v) is 1.98. The monoisotopic (exact) mass is 233 g/mol. The van der Waals surface area contributed by atoms with E-state index in [0.717, 1.165) is 18.4 Å². The molecular weight excluding hydrogens is 218 g/mol. The van der Waals surface area contributed by atoms with Gasteiger partial charge in [-0.25, -0.2) is 0 Å². The van der Waals surface area contributed by atoms with Crippen LogP contribution in [0.5, 0.6) is 0 Å². The first-order valence-electron chi connectivity index (χ1n) is 5.85. The molecule has 17 heavy (non-hydrogen) atoms. The van der Waals surface area contributed by atoms with Gasteiger partial charge in [-0.1, -0.05) is 5.16 Å². The Bertz CT molecular complexity index is 513. The van der Waals surface area contributed by atoms with Gasteiger partial charge in [0.15, 0.2) is 5.82 Å². The lowest BCUT2D eigenvalue weighted by Crippen LogP contribution is -1.99. The van der Waals surface area contributed by atoms with E-state index in [1.807, 2.05) is 23.0 Å². The first-order valence-corrected chi connectivity index (χ1v) is 5.85. The van der Waals surface area contributed by atoms with Crippen molar-refractivity contribution in [1.29, 1.82) is 0 Å². The molecule has 5 nitrogen and oxygen atoms in total. The van der Waals surface area contributed by atoms with Crippen molar-refractivity contribution in [3.63, 3.8) is 0 Å². The molecule has 1 fully saturated rings. The molecule has 90 valence electrons. The molecule has 0 spiro atoms. The number of nitrogens with zero attached hydrogens (tertiary/aromatic N) is 3. The van der Waals surface area contributed by atoms with Crippen LogP contribution in [0.3, 0.4) is 0 Å². The Kier molecular flexibility index (Phi) is 2.48. The lowest BCUT2D eigenvalue weighted by molar-refractivity contribution is 0.154. The van der Waals surface area contributed by atoms with Gasteiger partial charge in [-0.15, -0.1) is 0 Å². The maximum absolute atomic E-state index is 9.98. The molecule has 1 atom stereocenters. The standard InChI is InChI=1S/C12H15N3O2/c1-8-13-11(17-14-8)7-15-5-4-10(6-15)12(16)9-2-3-9/h4-6,9,12,16H,2-3,7H2,1H3. The van der Waals surface area contributed by atoms with Crippen molar-refractivity contribution in [1.82, 2.24) is 14.7 Å². The normalized spacial score (nSPS) is 17.3. The first-order chi connectivity index (χ1) is 8.22. The third-order valence-corrected chi connectivity index (χ3v) is 3.07. The van der Waals surface area contributed by atoms with E-state index in [9.17, 15) is 5.11 Å². The molecule has 1 saturated carbocycles. The van der Waals surface area contributed by atoms with Gasteiger partial charge in [-0.3, -0.25) is 0 Å². The average molecular weight is 233 g/mol. The molecule has 1 unspecified atom stereocenters. The second-order valence-corrected chi connectivity index (χ2v) is 4.63. The highest BCUT2D eigenvalue weighted by Gasteiger charge is 2.31.